The van der Waals surface area contributed by atoms with E-state index in [0.29, 0.717) is 12.8 Å². The van der Waals surface area contributed by atoms with Crippen LogP contribution in [0.2, 0.25) is 0 Å². The second kappa shape index (κ2) is 48.0. The molecule has 11 heteroatoms. The highest BCUT2D eigenvalue weighted by molar-refractivity contribution is 5.80. The van der Waals surface area contributed by atoms with E-state index in [-0.39, 0.29) is 19.4 Å². The first kappa shape index (κ1) is 66.1. The summed E-state index contributed by atoms with van der Waals surface area (Å²) in [5.74, 6) is -1.31. The van der Waals surface area contributed by atoms with Crippen LogP contribution in [0.15, 0.2) is 122 Å². The molecule has 408 valence electrons. The van der Waals surface area contributed by atoms with Crippen molar-refractivity contribution in [2.75, 3.05) is 13.2 Å². The van der Waals surface area contributed by atoms with Gasteiger partial charge in [-0.3, -0.25) is 9.59 Å². The molecule has 8 atom stereocenters. The number of nitrogens with one attached hydrogen (secondary N) is 1. The van der Waals surface area contributed by atoms with E-state index in [9.17, 15) is 35.1 Å². The number of aliphatic hydroxyl groups excluding tert-OH is 5. The van der Waals surface area contributed by atoms with Crippen molar-refractivity contribution >= 4 is 11.9 Å². The molecule has 11 nitrogen and oxygen atoms in total. The number of amides is 1. The van der Waals surface area contributed by atoms with Gasteiger partial charge in [0.05, 0.1) is 25.4 Å². The summed E-state index contributed by atoms with van der Waals surface area (Å²) >= 11 is 0. The Kier molecular flexibility index (Phi) is 44.1. The number of allylic oxidation sites excluding steroid dienone is 19. The Hall–Kier alpha value is -3.94. The fourth-order valence-corrected chi connectivity index (χ4v) is 7.78. The molecule has 6 N–H and O–H groups in total. The summed E-state index contributed by atoms with van der Waals surface area (Å²) < 4.78 is 17.5. The Balaban J connectivity index is 2.84. The van der Waals surface area contributed by atoms with Crippen LogP contribution in [0.25, 0.3) is 0 Å². The van der Waals surface area contributed by atoms with Crippen LogP contribution >= 0.6 is 0 Å². The number of aliphatic hydroxyl groups is 5. The zero-order valence-corrected chi connectivity index (χ0v) is 44.7. The molecule has 0 aromatic heterocycles. The van der Waals surface area contributed by atoms with Crippen LogP contribution in [-0.4, -0.2) is 99.6 Å². The van der Waals surface area contributed by atoms with Gasteiger partial charge in [0.15, 0.2) is 12.4 Å². The molecule has 0 radical (unpaired) electrons. The third-order valence-electron chi connectivity index (χ3n) is 12.2. The third-order valence-corrected chi connectivity index (χ3v) is 12.2. The topological polar surface area (TPSA) is 175 Å². The maximum absolute atomic E-state index is 13.3. The number of rotatable bonds is 44. The van der Waals surface area contributed by atoms with E-state index >= 15 is 0 Å². The zero-order valence-electron chi connectivity index (χ0n) is 44.7. The highest BCUT2D eigenvalue weighted by atomic mass is 16.7. The minimum atomic E-state index is -1.65. The zero-order chi connectivity index (χ0) is 52.5. The largest absolute Gasteiger partial charge is 0.454 e. The molecule has 1 rings (SSSR count). The van der Waals surface area contributed by atoms with Crippen molar-refractivity contribution in [3.05, 3.63) is 122 Å². The first-order valence-electron chi connectivity index (χ1n) is 27.9. The Bertz CT molecular complexity index is 1630. The van der Waals surface area contributed by atoms with Crippen molar-refractivity contribution in [1.82, 2.24) is 5.32 Å². The smallest absolute Gasteiger partial charge is 0.306 e. The second-order valence-electron chi connectivity index (χ2n) is 18.7. The molecule has 0 saturated carbocycles. The number of carbonyl (C=O) groups excluding carboxylic acids is 2. The molecule has 8 unspecified atom stereocenters. The maximum Gasteiger partial charge on any atom is 0.306 e. The monoisotopic (exact) mass is 1010 g/mol. The molecular formula is C61H99NO10. The second-order valence-corrected chi connectivity index (χ2v) is 18.7. The predicted octanol–water partition coefficient (Wildman–Crippen LogP) is 12.3. The fourth-order valence-electron chi connectivity index (χ4n) is 7.78. The van der Waals surface area contributed by atoms with Crippen LogP contribution in [0.3, 0.4) is 0 Å². The van der Waals surface area contributed by atoms with Gasteiger partial charge in [-0.2, -0.15) is 0 Å². The average molecular weight is 1010 g/mol. The van der Waals surface area contributed by atoms with Crippen molar-refractivity contribution in [3.63, 3.8) is 0 Å². The molecule has 72 heavy (non-hydrogen) atoms. The molecule has 0 aromatic carbocycles. The minimum Gasteiger partial charge on any atom is -0.454 e. The normalized spacial score (nSPS) is 20.5. The van der Waals surface area contributed by atoms with Crippen LogP contribution in [-0.2, 0) is 23.8 Å². The minimum absolute atomic E-state index is 0.0605. The lowest BCUT2D eigenvalue weighted by Gasteiger charge is -2.41. The summed E-state index contributed by atoms with van der Waals surface area (Å²) in [5.41, 5.74) is 0. The summed E-state index contributed by atoms with van der Waals surface area (Å²) in [6.07, 6.45) is 55.3. The molecule has 0 bridgehead atoms. The number of hydrogen-bond donors (Lipinski definition) is 6. The van der Waals surface area contributed by atoms with Crippen LogP contribution in [0.5, 0.6) is 0 Å². The maximum atomic E-state index is 13.3. The van der Waals surface area contributed by atoms with Crippen molar-refractivity contribution in [3.8, 4) is 0 Å². The van der Waals surface area contributed by atoms with Gasteiger partial charge in [-0.1, -0.05) is 219 Å². The Morgan fingerprint density at radius 2 is 1.06 bits per heavy atom. The quantitative estimate of drug-likeness (QED) is 0.0149. The van der Waals surface area contributed by atoms with Gasteiger partial charge >= 0.3 is 5.97 Å². The van der Waals surface area contributed by atoms with Gasteiger partial charge in [-0.15, -0.1) is 0 Å². The molecular weight excluding hydrogens is 907 g/mol. The van der Waals surface area contributed by atoms with Crippen molar-refractivity contribution in [2.45, 2.75) is 237 Å². The summed E-state index contributed by atoms with van der Waals surface area (Å²) in [7, 11) is 0. The van der Waals surface area contributed by atoms with Crippen molar-refractivity contribution < 1.29 is 49.3 Å². The SMILES string of the molecule is CC/C=C/C=C/C=C\C=C/C=C/CCCCCC(=O)OC1C(OCC(NC(=O)C(O)CC/C=C\C/C=C\C/C=C\C/C=C\CCCCC)C(O)/C=C/CCCCCCCCCCCC)OC(CO)C(O)C1O. The number of unbranched alkanes of at least 4 members (excludes halogenated alkanes) is 16. The van der Waals surface area contributed by atoms with Gasteiger partial charge < -0.3 is 45.1 Å². The van der Waals surface area contributed by atoms with Gasteiger partial charge in [0, 0.05) is 6.42 Å². The third kappa shape index (κ3) is 36.1. The van der Waals surface area contributed by atoms with Crippen LogP contribution < -0.4 is 5.32 Å². The van der Waals surface area contributed by atoms with Gasteiger partial charge in [0.25, 0.3) is 0 Å². The van der Waals surface area contributed by atoms with Gasteiger partial charge in [0.1, 0.15) is 24.4 Å². The number of hydrogen-bond acceptors (Lipinski definition) is 10. The molecule has 1 saturated heterocycles. The van der Waals surface area contributed by atoms with Crippen LogP contribution in [0, 0.1) is 0 Å². The number of esters is 1. The lowest BCUT2D eigenvalue weighted by Crippen LogP contribution is -2.61. The van der Waals surface area contributed by atoms with Crippen molar-refractivity contribution in [2.24, 2.45) is 0 Å². The van der Waals surface area contributed by atoms with Gasteiger partial charge in [-0.05, 0) is 83.5 Å². The summed E-state index contributed by atoms with van der Waals surface area (Å²) in [6, 6.07) is -1.07. The van der Waals surface area contributed by atoms with E-state index in [2.05, 4.69) is 74.7 Å². The lowest BCUT2D eigenvalue weighted by molar-refractivity contribution is -0.305. The first-order chi connectivity index (χ1) is 35.2. The molecule has 1 aliphatic rings. The number of ether oxygens (including phenoxy) is 3. The van der Waals surface area contributed by atoms with Gasteiger partial charge in [-0.25, -0.2) is 0 Å². The van der Waals surface area contributed by atoms with E-state index in [1.54, 1.807) is 6.08 Å². The lowest BCUT2D eigenvalue weighted by atomic mass is 9.99. The number of carbonyl (C=O) groups is 2. The molecule has 1 fully saturated rings. The summed E-state index contributed by atoms with van der Waals surface area (Å²) in [5, 5.41) is 56.7. The Morgan fingerprint density at radius 1 is 0.569 bits per heavy atom. The van der Waals surface area contributed by atoms with Gasteiger partial charge in [0.2, 0.25) is 5.91 Å². The van der Waals surface area contributed by atoms with Crippen LogP contribution in [0.4, 0.5) is 0 Å². The highest BCUT2D eigenvalue weighted by Crippen LogP contribution is 2.26. The Morgan fingerprint density at radius 3 is 1.65 bits per heavy atom. The fraction of sp³-hybridized carbons (Fsp3) is 0.639. The van der Waals surface area contributed by atoms with E-state index in [1.807, 2.05) is 66.8 Å². The first-order valence-corrected chi connectivity index (χ1v) is 27.9. The summed E-state index contributed by atoms with van der Waals surface area (Å²) in [6.45, 7) is 5.52. The average Bonchev–Trinajstić information content (AvgIpc) is 3.38. The van der Waals surface area contributed by atoms with Crippen LogP contribution in [0.1, 0.15) is 188 Å². The molecule has 1 amide bonds. The highest BCUT2D eigenvalue weighted by Gasteiger charge is 2.47. The molecule has 0 aromatic rings. The predicted molar refractivity (Wildman–Crippen MR) is 296 cm³/mol. The van der Waals surface area contributed by atoms with E-state index in [1.165, 1.54) is 64.2 Å². The standard InChI is InChI=1S/C61H99NO10/c1-4-7-10-13-16-19-22-25-27-29-30-33-36-39-42-45-48-54(65)60(69)62-52(53(64)47-44-41-38-35-32-24-21-18-15-12-9-6-3)51-70-61-59(58(68)57(67)55(50-63)71-61)72-56(66)49-46-43-40-37-34-31-28-26-23-20-17-14-11-8-5-2/h8,11,14,16-17,19-20,23,25-28,30-31,33-34,39,42,44,47,52-55,57-59,61,63-65,67-68H,4-7,9-10,12-13,15,18,21-22,24,29,32,35-38,40-41,43,45-46,48-51H2,1-3H3,(H,62,69)/b11-8+,17-14+,19-16-,23-20-,27-25-,28-26-,33-30-,34-31+,42-39-,47-44+. The molecule has 1 aliphatic heterocycles. The van der Waals surface area contributed by atoms with Crippen molar-refractivity contribution in [1.29, 1.82) is 0 Å². The molecule has 0 spiro atoms. The van der Waals surface area contributed by atoms with E-state index in [0.717, 1.165) is 77.0 Å². The van der Waals surface area contributed by atoms with E-state index in [4.69, 9.17) is 14.2 Å². The van der Waals surface area contributed by atoms with E-state index < -0.39 is 67.4 Å². The molecule has 0 aliphatic carbocycles. The Labute approximate surface area is 436 Å². The summed E-state index contributed by atoms with van der Waals surface area (Å²) in [4.78, 5) is 26.4. The molecule has 1 heterocycles.